The van der Waals surface area contributed by atoms with Gasteiger partial charge in [0.2, 0.25) is 0 Å². The van der Waals surface area contributed by atoms with Gasteiger partial charge in [-0.15, -0.1) is 0 Å². The van der Waals surface area contributed by atoms with Gasteiger partial charge in [0.25, 0.3) is 0 Å². The molecule has 0 saturated carbocycles. The van der Waals surface area contributed by atoms with E-state index in [1.807, 2.05) is 54.3 Å². The molecule has 18 heavy (non-hydrogen) atoms. The molecular formula is C14H19N3O. The molecule has 4 heteroatoms. The summed E-state index contributed by atoms with van der Waals surface area (Å²) in [5.74, 6) is 0. The van der Waals surface area contributed by atoms with Gasteiger partial charge >= 0.3 is 0 Å². The van der Waals surface area contributed by atoms with Crippen LogP contribution in [-0.4, -0.2) is 21.4 Å². The van der Waals surface area contributed by atoms with Crippen LogP contribution in [-0.2, 0) is 12.1 Å². The maximum absolute atomic E-state index is 10.6. The van der Waals surface area contributed by atoms with Crippen LogP contribution in [0.2, 0.25) is 0 Å². The smallest absolute Gasteiger partial charge is 0.104 e. The Labute approximate surface area is 107 Å². The van der Waals surface area contributed by atoms with Gasteiger partial charge < -0.3 is 10.8 Å². The van der Waals surface area contributed by atoms with E-state index >= 15 is 0 Å². The molecule has 1 unspecified atom stereocenters. The Kier molecular flexibility index (Phi) is 3.79. The fourth-order valence-corrected chi connectivity index (χ4v) is 2.00. The third-order valence-corrected chi connectivity index (χ3v) is 3.17. The lowest BCUT2D eigenvalue weighted by Crippen LogP contribution is -2.36. The zero-order chi connectivity index (χ0) is 13.0. The minimum absolute atomic E-state index is 0.206. The van der Waals surface area contributed by atoms with Gasteiger partial charge in [-0.2, -0.15) is 5.10 Å². The van der Waals surface area contributed by atoms with Crippen LogP contribution < -0.4 is 5.73 Å². The Bertz CT molecular complexity index is 495. The molecule has 1 heterocycles. The van der Waals surface area contributed by atoms with Crippen LogP contribution in [0.4, 0.5) is 0 Å². The molecule has 0 fully saturated rings. The van der Waals surface area contributed by atoms with E-state index in [9.17, 15) is 5.11 Å². The second-order valence-electron chi connectivity index (χ2n) is 4.63. The first-order chi connectivity index (χ1) is 8.64. The molecule has 3 N–H and O–H groups in total. The molecule has 0 bridgehead atoms. The molecule has 0 aliphatic rings. The molecule has 0 aliphatic carbocycles. The molecule has 0 saturated heterocycles. The first-order valence-corrected chi connectivity index (χ1v) is 6.11. The van der Waals surface area contributed by atoms with Crippen molar-refractivity contribution < 1.29 is 5.11 Å². The number of nitrogens with two attached hydrogens (primary N) is 1. The van der Waals surface area contributed by atoms with E-state index in [4.69, 9.17) is 5.73 Å². The minimum Gasteiger partial charge on any atom is -0.384 e. The van der Waals surface area contributed by atoms with Crippen molar-refractivity contribution in [3.8, 4) is 0 Å². The van der Waals surface area contributed by atoms with Crippen LogP contribution in [0.15, 0.2) is 42.7 Å². The lowest BCUT2D eigenvalue weighted by Gasteiger charge is -2.27. The van der Waals surface area contributed by atoms with Crippen LogP contribution in [0, 0.1) is 6.92 Å². The molecule has 1 atom stereocenters. The number of benzene rings is 1. The molecule has 2 rings (SSSR count). The molecule has 4 nitrogen and oxygen atoms in total. The average Bonchev–Trinajstić information content (AvgIpc) is 2.83. The quantitative estimate of drug-likeness (QED) is 0.837. The van der Waals surface area contributed by atoms with Crippen LogP contribution in [0.1, 0.15) is 17.5 Å². The molecule has 1 aromatic carbocycles. The van der Waals surface area contributed by atoms with E-state index in [2.05, 4.69) is 5.10 Å². The molecule has 2 aromatic rings. The summed E-state index contributed by atoms with van der Waals surface area (Å²) in [5.41, 5.74) is 6.72. The first kappa shape index (κ1) is 12.8. The Morgan fingerprint density at radius 3 is 2.61 bits per heavy atom. The van der Waals surface area contributed by atoms with Crippen LogP contribution >= 0.6 is 0 Å². The molecule has 96 valence electrons. The Morgan fingerprint density at radius 2 is 2.06 bits per heavy atom. The van der Waals surface area contributed by atoms with Gasteiger partial charge in [-0.1, -0.05) is 30.3 Å². The standard InChI is InChI=1S/C14H19N3O/c1-12-9-16-17(10-12)8-7-14(18,11-15)13-5-3-2-4-6-13/h2-6,9-10,18H,7-8,11,15H2,1H3. The summed E-state index contributed by atoms with van der Waals surface area (Å²) in [6.07, 6.45) is 4.32. The highest BCUT2D eigenvalue weighted by molar-refractivity contribution is 5.22. The number of hydrogen-bond acceptors (Lipinski definition) is 3. The average molecular weight is 245 g/mol. The van der Waals surface area contributed by atoms with E-state index in [0.29, 0.717) is 13.0 Å². The number of aryl methyl sites for hydroxylation is 2. The third kappa shape index (κ3) is 2.78. The predicted octanol–water partition coefficient (Wildman–Crippen LogP) is 1.43. The van der Waals surface area contributed by atoms with E-state index in [-0.39, 0.29) is 6.54 Å². The molecule has 0 spiro atoms. The second-order valence-corrected chi connectivity index (χ2v) is 4.63. The van der Waals surface area contributed by atoms with E-state index in [1.165, 1.54) is 0 Å². The second kappa shape index (κ2) is 5.33. The normalized spacial score (nSPS) is 14.4. The fourth-order valence-electron chi connectivity index (χ4n) is 2.00. The number of rotatable bonds is 5. The first-order valence-electron chi connectivity index (χ1n) is 6.11. The Balaban J connectivity index is 2.09. The summed E-state index contributed by atoms with van der Waals surface area (Å²) >= 11 is 0. The van der Waals surface area contributed by atoms with Crippen molar-refractivity contribution in [3.05, 3.63) is 53.9 Å². The van der Waals surface area contributed by atoms with Crippen LogP contribution in [0.25, 0.3) is 0 Å². The lowest BCUT2D eigenvalue weighted by atomic mass is 9.90. The van der Waals surface area contributed by atoms with Crippen molar-refractivity contribution >= 4 is 0 Å². The zero-order valence-electron chi connectivity index (χ0n) is 10.6. The van der Waals surface area contributed by atoms with Crippen molar-refractivity contribution in [2.45, 2.75) is 25.5 Å². The number of aliphatic hydroxyl groups is 1. The summed E-state index contributed by atoms with van der Waals surface area (Å²) in [7, 11) is 0. The van der Waals surface area contributed by atoms with Crippen LogP contribution in [0.3, 0.4) is 0 Å². The molecule has 0 amide bonds. The molecule has 1 aromatic heterocycles. The molecular weight excluding hydrogens is 226 g/mol. The van der Waals surface area contributed by atoms with Crippen molar-refractivity contribution in [2.75, 3.05) is 6.54 Å². The van der Waals surface area contributed by atoms with Gasteiger partial charge in [0.1, 0.15) is 5.60 Å². The van der Waals surface area contributed by atoms with Crippen molar-refractivity contribution in [1.29, 1.82) is 0 Å². The summed E-state index contributed by atoms with van der Waals surface area (Å²) in [6.45, 7) is 2.85. The van der Waals surface area contributed by atoms with Gasteiger partial charge in [-0.3, -0.25) is 4.68 Å². The number of hydrogen-bond donors (Lipinski definition) is 2. The zero-order valence-corrected chi connectivity index (χ0v) is 10.6. The summed E-state index contributed by atoms with van der Waals surface area (Å²) < 4.78 is 1.83. The Hall–Kier alpha value is -1.65. The van der Waals surface area contributed by atoms with Gasteiger partial charge in [-0.25, -0.2) is 0 Å². The Morgan fingerprint density at radius 1 is 1.33 bits per heavy atom. The predicted molar refractivity (Wildman–Crippen MR) is 71.0 cm³/mol. The molecule has 0 radical (unpaired) electrons. The van der Waals surface area contributed by atoms with E-state index in [1.54, 1.807) is 0 Å². The van der Waals surface area contributed by atoms with E-state index < -0.39 is 5.60 Å². The fraction of sp³-hybridized carbons (Fsp3) is 0.357. The topological polar surface area (TPSA) is 64.1 Å². The largest absolute Gasteiger partial charge is 0.384 e. The van der Waals surface area contributed by atoms with Crippen molar-refractivity contribution in [1.82, 2.24) is 9.78 Å². The minimum atomic E-state index is -0.985. The summed E-state index contributed by atoms with van der Waals surface area (Å²) in [5, 5.41) is 14.8. The lowest BCUT2D eigenvalue weighted by molar-refractivity contribution is 0.0312. The van der Waals surface area contributed by atoms with Crippen LogP contribution in [0.5, 0.6) is 0 Å². The van der Waals surface area contributed by atoms with Gasteiger partial charge in [0.15, 0.2) is 0 Å². The van der Waals surface area contributed by atoms with Gasteiger partial charge in [-0.05, 0) is 18.1 Å². The highest BCUT2D eigenvalue weighted by Gasteiger charge is 2.27. The van der Waals surface area contributed by atoms with Gasteiger partial charge in [0, 0.05) is 25.7 Å². The highest BCUT2D eigenvalue weighted by atomic mass is 16.3. The summed E-state index contributed by atoms with van der Waals surface area (Å²) in [6, 6.07) is 9.56. The van der Waals surface area contributed by atoms with Gasteiger partial charge in [0.05, 0.1) is 6.20 Å². The van der Waals surface area contributed by atoms with Crippen molar-refractivity contribution in [3.63, 3.8) is 0 Å². The number of nitrogens with zero attached hydrogens (tertiary/aromatic N) is 2. The summed E-state index contributed by atoms with van der Waals surface area (Å²) in [4.78, 5) is 0. The van der Waals surface area contributed by atoms with Crippen molar-refractivity contribution in [2.24, 2.45) is 5.73 Å². The monoisotopic (exact) mass is 245 g/mol. The highest BCUT2D eigenvalue weighted by Crippen LogP contribution is 2.24. The third-order valence-electron chi connectivity index (χ3n) is 3.17. The number of aromatic nitrogens is 2. The maximum Gasteiger partial charge on any atom is 0.104 e. The SMILES string of the molecule is Cc1cnn(CCC(O)(CN)c2ccccc2)c1. The van der Waals surface area contributed by atoms with E-state index in [0.717, 1.165) is 11.1 Å². The maximum atomic E-state index is 10.6. The molecule has 0 aliphatic heterocycles.